The number of benzene rings is 1. The van der Waals surface area contributed by atoms with Crippen molar-refractivity contribution in [1.29, 1.82) is 0 Å². The fourth-order valence-electron chi connectivity index (χ4n) is 2.75. The summed E-state index contributed by atoms with van der Waals surface area (Å²) in [5, 5.41) is 4.07. The molecule has 1 aliphatic rings. The number of fused-ring (bicyclic) bond motifs is 1. The summed E-state index contributed by atoms with van der Waals surface area (Å²) in [7, 11) is 1.68. The summed E-state index contributed by atoms with van der Waals surface area (Å²) in [5.74, 6) is 0.907. The van der Waals surface area contributed by atoms with Crippen LogP contribution < -0.4 is 14.9 Å². The molecule has 0 spiro atoms. The van der Waals surface area contributed by atoms with E-state index in [0.717, 1.165) is 23.5 Å². The number of carbonyl (C=O) groups is 1. The van der Waals surface area contributed by atoms with Crippen LogP contribution in [-0.4, -0.2) is 37.2 Å². The zero-order valence-corrected chi connectivity index (χ0v) is 14.5. The highest BCUT2D eigenvalue weighted by Gasteiger charge is 2.16. The molecule has 1 aliphatic heterocycles. The van der Waals surface area contributed by atoms with Crippen LogP contribution in [0.3, 0.4) is 0 Å². The molecule has 132 valence electrons. The molecule has 0 unspecified atom stereocenters. The quantitative estimate of drug-likeness (QED) is 0.645. The Balaban J connectivity index is 1.66. The molecule has 2 aromatic rings. The van der Waals surface area contributed by atoms with E-state index in [4.69, 9.17) is 14.2 Å². The topological polar surface area (TPSA) is 74.1 Å². The largest absolute Gasteiger partial charge is 0.454 e. The summed E-state index contributed by atoms with van der Waals surface area (Å²) in [6.07, 6.45) is 1.65. The fourth-order valence-corrected chi connectivity index (χ4v) is 2.75. The highest BCUT2D eigenvalue weighted by Crippen LogP contribution is 2.32. The Bertz CT molecular complexity index is 811. The first-order valence-electron chi connectivity index (χ1n) is 7.99. The molecule has 0 radical (unpaired) electrons. The predicted molar refractivity (Wildman–Crippen MR) is 93.4 cm³/mol. The molecule has 0 bridgehead atoms. The van der Waals surface area contributed by atoms with Gasteiger partial charge >= 0.3 is 0 Å². The van der Waals surface area contributed by atoms with Crippen molar-refractivity contribution in [3.63, 3.8) is 0 Å². The summed E-state index contributed by atoms with van der Waals surface area (Å²) in [6.45, 7) is 5.66. The van der Waals surface area contributed by atoms with Crippen LogP contribution in [0.15, 0.2) is 29.4 Å². The summed E-state index contributed by atoms with van der Waals surface area (Å²) in [6, 6.07) is 7.06. The van der Waals surface area contributed by atoms with E-state index in [-0.39, 0.29) is 12.7 Å². The first-order chi connectivity index (χ1) is 12.1. The minimum absolute atomic E-state index is 0.178. The fraction of sp³-hybridized carbons (Fsp3) is 0.333. The van der Waals surface area contributed by atoms with Gasteiger partial charge in [-0.3, -0.25) is 4.79 Å². The maximum Gasteiger partial charge on any atom is 0.271 e. The molecule has 0 saturated heterocycles. The summed E-state index contributed by atoms with van der Waals surface area (Å²) in [4.78, 5) is 12.2. The van der Waals surface area contributed by atoms with Gasteiger partial charge in [0.05, 0.1) is 12.8 Å². The van der Waals surface area contributed by atoms with E-state index in [2.05, 4.69) is 15.1 Å². The lowest BCUT2D eigenvalue weighted by Crippen LogP contribution is -2.17. The summed E-state index contributed by atoms with van der Waals surface area (Å²) < 4.78 is 17.8. The molecule has 0 atom stereocenters. The zero-order valence-electron chi connectivity index (χ0n) is 14.5. The Hall–Kier alpha value is -2.80. The van der Waals surface area contributed by atoms with Crippen molar-refractivity contribution in [3.8, 4) is 11.5 Å². The van der Waals surface area contributed by atoms with Crippen LogP contribution >= 0.6 is 0 Å². The lowest BCUT2D eigenvalue weighted by molar-refractivity contribution is 0.0954. The lowest BCUT2D eigenvalue weighted by Gasteiger charge is -2.08. The van der Waals surface area contributed by atoms with Crippen molar-refractivity contribution < 1.29 is 19.0 Å². The van der Waals surface area contributed by atoms with E-state index in [1.165, 1.54) is 0 Å². The second-order valence-corrected chi connectivity index (χ2v) is 5.74. The number of nitrogens with one attached hydrogen (secondary N) is 1. The smallest absolute Gasteiger partial charge is 0.271 e. The van der Waals surface area contributed by atoms with Crippen molar-refractivity contribution in [3.05, 3.63) is 46.8 Å². The van der Waals surface area contributed by atoms with Crippen LogP contribution in [0.4, 0.5) is 0 Å². The van der Waals surface area contributed by atoms with Crippen LogP contribution in [-0.2, 0) is 11.3 Å². The predicted octanol–water partition coefficient (Wildman–Crippen LogP) is 2.24. The van der Waals surface area contributed by atoms with Gasteiger partial charge in [0.1, 0.15) is 0 Å². The molecule has 25 heavy (non-hydrogen) atoms. The Labute approximate surface area is 146 Å². The van der Waals surface area contributed by atoms with Crippen LogP contribution in [0.2, 0.25) is 0 Å². The van der Waals surface area contributed by atoms with E-state index in [0.29, 0.717) is 23.7 Å². The zero-order chi connectivity index (χ0) is 17.8. The molecular weight excluding hydrogens is 322 g/mol. The van der Waals surface area contributed by atoms with Gasteiger partial charge in [-0.05, 0) is 38.1 Å². The molecule has 7 nitrogen and oxygen atoms in total. The van der Waals surface area contributed by atoms with E-state index in [1.54, 1.807) is 31.5 Å². The maximum absolute atomic E-state index is 12.2. The molecule has 0 aliphatic carbocycles. The van der Waals surface area contributed by atoms with E-state index < -0.39 is 0 Å². The number of hydrazone groups is 1. The average molecular weight is 343 g/mol. The van der Waals surface area contributed by atoms with Crippen molar-refractivity contribution in [2.45, 2.75) is 20.4 Å². The number of hydrogen-bond donors (Lipinski definition) is 1. The third-order valence-electron chi connectivity index (χ3n) is 4.14. The van der Waals surface area contributed by atoms with Crippen molar-refractivity contribution >= 4 is 12.1 Å². The van der Waals surface area contributed by atoms with Crippen molar-refractivity contribution in [2.75, 3.05) is 20.5 Å². The van der Waals surface area contributed by atoms with Gasteiger partial charge in [0.15, 0.2) is 11.5 Å². The summed E-state index contributed by atoms with van der Waals surface area (Å²) >= 11 is 0. The molecule has 1 aromatic carbocycles. The molecule has 1 aromatic heterocycles. The van der Waals surface area contributed by atoms with Gasteiger partial charge in [-0.1, -0.05) is 0 Å². The van der Waals surface area contributed by atoms with Gasteiger partial charge in [0, 0.05) is 36.2 Å². The highest BCUT2D eigenvalue weighted by atomic mass is 16.7. The molecule has 7 heteroatoms. The van der Waals surface area contributed by atoms with Gasteiger partial charge in [0.2, 0.25) is 6.79 Å². The average Bonchev–Trinajstić information content (AvgIpc) is 3.17. The van der Waals surface area contributed by atoms with E-state index >= 15 is 0 Å². The van der Waals surface area contributed by atoms with Gasteiger partial charge in [-0.25, -0.2) is 5.43 Å². The molecule has 1 amide bonds. The second kappa shape index (κ2) is 7.40. The SMILES string of the molecule is COCCn1c(C)cc(C=NNC(=O)c2ccc3c(c2)OCO3)c1C. The first-order valence-corrected chi connectivity index (χ1v) is 7.99. The number of aryl methyl sites for hydroxylation is 1. The minimum Gasteiger partial charge on any atom is -0.454 e. The first kappa shape index (κ1) is 17.0. The standard InChI is InChI=1S/C18H21N3O4/c1-12-8-15(13(2)21(12)6-7-23-3)10-19-20-18(22)14-4-5-16-17(9-14)25-11-24-16/h4-5,8-10H,6-7,11H2,1-3H3,(H,20,22). The molecule has 2 heterocycles. The van der Waals surface area contributed by atoms with Gasteiger partial charge in [-0.15, -0.1) is 0 Å². The van der Waals surface area contributed by atoms with E-state index in [1.807, 2.05) is 19.9 Å². The number of carbonyl (C=O) groups excluding carboxylic acids is 1. The van der Waals surface area contributed by atoms with Crippen LogP contribution in [0.5, 0.6) is 11.5 Å². The molecule has 0 saturated carbocycles. The number of nitrogens with zero attached hydrogens (tertiary/aromatic N) is 2. The van der Waals surface area contributed by atoms with Crippen LogP contribution in [0, 0.1) is 13.8 Å². The maximum atomic E-state index is 12.2. The van der Waals surface area contributed by atoms with Crippen molar-refractivity contribution in [2.24, 2.45) is 5.10 Å². The third-order valence-corrected chi connectivity index (χ3v) is 4.14. The van der Waals surface area contributed by atoms with Gasteiger partial charge in [-0.2, -0.15) is 5.10 Å². The molecule has 0 fully saturated rings. The van der Waals surface area contributed by atoms with Gasteiger partial charge < -0.3 is 18.8 Å². The normalized spacial score (nSPS) is 12.8. The second-order valence-electron chi connectivity index (χ2n) is 5.74. The number of hydrogen-bond acceptors (Lipinski definition) is 5. The van der Waals surface area contributed by atoms with E-state index in [9.17, 15) is 4.79 Å². The Morgan fingerprint density at radius 1 is 1.32 bits per heavy atom. The monoisotopic (exact) mass is 343 g/mol. The Kier molecular flexibility index (Phi) is 5.04. The Morgan fingerprint density at radius 3 is 2.92 bits per heavy atom. The van der Waals surface area contributed by atoms with Crippen LogP contribution in [0.25, 0.3) is 0 Å². The number of methoxy groups -OCH3 is 1. The summed E-state index contributed by atoms with van der Waals surface area (Å²) in [5.41, 5.74) is 6.16. The number of rotatable bonds is 6. The van der Waals surface area contributed by atoms with Gasteiger partial charge in [0.25, 0.3) is 5.91 Å². The Morgan fingerprint density at radius 2 is 2.12 bits per heavy atom. The number of aromatic nitrogens is 1. The minimum atomic E-state index is -0.303. The highest BCUT2D eigenvalue weighted by molar-refractivity contribution is 5.95. The number of ether oxygens (including phenoxy) is 3. The lowest BCUT2D eigenvalue weighted by atomic mass is 10.2. The number of amides is 1. The van der Waals surface area contributed by atoms with Crippen LogP contribution in [0.1, 0.15) is 27.3 Å². The van der Waals surface area contributed by atoms with Crippen molar-refractivity contribution in [1.82, 2.24) is 9.99 Å². The third kappa shape index (κ3) is 3.66. The molecule has 3 rings (SSSR count). The molecule has 1 N–H and O–H groups in total. The molecular formula is C18H21N3O4.